The van der Waals surface area contributed by atoms with Crippen molar-refractivity contribution in [2.24, 2.45) is 11.5 Å². The molecule has 0 radical (unpaired) electrons. The van der Waals surface area contributed by atoms with Crippen LogP contribution in [0.15, 0.2) is 147 Å². The van der Waals surface area contributed by atoms with E-state index in [1.807, 2.05) is 30.3 Å². The van der Waals surface area contributed by atoms with Crippen LogP contribution in [-0.2, 0) is 96.1 Å². The maximum absolute atomic E-state index is 16.0. The first-order valence-corrected chi connectivity index (χ1v) is 41.7. The first kappa shape index (κ1) is 84.7. The number of nitrogens with two attached hydrogens (primary N) is 2. The number of nitrogens with one attached hydrogen (secondary N) is 18. The van der Waals surface area contributed by atoms with Gasteiger partial charge in [-0.15, -0.1) is 0 Å². The predicted molar refractivity (Wildman–Crippen MR) is 441 cm³/mol. The zero-order valence-corrected chi connectivity index (χ0v) is 66.2. The molecule has 4 aromatic heterocycles. The Morgan fingerprint density at radius 3 is 1.29 bits per heavy atom. The molecule has 12 rings (SSSR count). The smallest absolute Gasteiger partial charge is 0.257 e. The summed E-state index contributed by atoms with van der Waals surface area (Å²) < 4.78 is 0. The minimum atomic E-state index is -1.73. The molecule has 8 aromatic rings. The van der Waals surface area contributed by atoms with Crippen molar-refractivity contribution in [3.05, 3.63) is 180 Å². The number of H-pyrrole nitrogens is 4. The average molecular weight is 1650 g/mol. The molecule has 0 unspecified atom stereocenters. The summed E-state index contributed by atoms with van der Waals surface area (Å²) >= 11 is 0. The number of benzene rings is 4. The highest BCUT2D eigenvalue weighted by Gasteiger charge is 2.45. The second kappa shape index (κ2) is 40.7. The van der Waals surface area contributed by atoms with Crippen LogP contribution >= 0.6 is 21.6 Å². The molecular weight excluding hydrogens is 1550 g/mol. The molecule has 0 aliphatic carbocycles. The topological polar surface area (TPSA) is 544 Å². The minimum Gasteiger partial charge on any atom is -0.370 e. The number of fused-ring (bicyclic) bond motifs is 8. The Balaban J connectivity index is 0.983. The highest BCUT2D eigenvalue weighted by atomic mass is 33.1. The summed E-state index contributed by atoms with van der Waals surface area (Å²) in [5, 5.41) is 49.6. The molecule has 0 spiro atoms. The number of imidazole rings is 2. The average Bonchev–Trinajstić information content (AvgIpc) is 1.64. The number of amides is 12. The monoisotopic (exact) mass is 1650 g/mol. The third-order valence-corrected chi connectivity index (χ3v) is 23.7. The van der Waals surface area contributed by atoms with Gasteiger partial charge in [-0.2, -0.15) is 0 Å². The van der Waals surface area contributed by atoms with E-state index in [2.05, 4.69) is 93.7 Å². The zero-order valence-electron chi connectivity index (χ0n) is 64.6. The number of aryl methyl sites for hydroxylation is 1. The van der Waals surface area contributed by atoms with Gasteiger partial charge in [-0.1, -0.05) is 119 Å². The van der Waals surface area contributed by atoms with E-state index >= 15 is 57.5 Å². The third kappa shape index (κ3) is 22.7. The number of guanidine groups is 2. The number of hydrogen-bond donors (Lipinski definition) is 20. The second-order valence-corrected chi connectivity index (χ2v) is 32.1. The number of nitrogens with zero attached hydrogens (tertiary/aromatic N) is 4. The SMILES string of the molecule is N=C(N)NCCC[C@@H]1NC(=O)[C@@H](Cc2ccccc2)NC(=O)[C@H](Cc2c[nH]cn2)NC(=O)[C@H]2CCCN2C(=O)[C@@H]2CSS[C@H](NC(=O)[C@H](Cc3c[nH]c4ccccc34)NC1=O)C(=O)N1CCC[C@@H]1C(=O)N[C@@H](Cc1c[nH]cn1)C(=O)N[C@H](Cc1ccccc1)C(=O)N[C@@H](CCCNC(=N)N)C(=O)N[C@@H](CCc1c[nH]c3ccccc13)C(=O)N2. The maximum atomic E-state index is 16.0. The molecule has 622 valence electrons. The lowest BCUT2D eigenvalue weighted by Gasteiger charge is -2.32. The van der Waals surface area contributed by atoms with Crippen molar-refractivity contribution >= 4 is 126 Å². The predicted octanol–water partition coefficient (Wildman–Crippen LogP) is -0.0359. The van der Waals surface area contributed by atoms with Crippen LogP contribution in [0.2, 0.25) is 0 Å². The molecule has 38 heteroatoms. The fourth-order valence-corrected chi connectivity index (χ4v) is 17.5. The lowest BCUT2D eigenvalue weighted by Crippen LogP contribution is -2.62. The van der Waals surface area contributed by atoms with E-state index in [-0.39, 0.29) is 134 Å². The van der Waals surface area contributed by atoms with E-state index in [9.17, 15) is 0 Å². The highest BCUT2D eigenvalue weighted by molar-refractivity contribution is 8.77. The lowest BCUT2D eigenvalue weighted by atomic mass is 10.0. The largest absolute Gasteiger partial charge is 0.370 e. The van der Waals surface area contributed by atoms with Crippen LogP contribution < -0.4 is 75.3 Å². The minimum absolute atomic E-state index is 0.0415. The standard InChI is InChI=1S/C80H98N24O12S2/c81-79(82)87-29-11-23-55-66(105)95-57(28-27-47-38-89-53-21-9-7-19-51(47)53)68(107)101-63-42-117-118-76(78(116)104-32-14-26-65(104)75(114)100-62(37-50-41-86-44-92-50)72(111)96-58(69(108)93-55)33-45-15-3-1-4-16-45)102-73(112)60(35-48-39-90-54-22-10-8-20-52(48)54)98-67(106)56(24-12-30-88-80(83)84)94-70(109)59(34-46-17-5-2-6-18-46)97-71(110)61(36-49-40-85-43-91-49)99-74(113)64-25-13-31-103(64)77(63)115/h1-10,15-22,38-41,43-44,55-65,76,89-90H,11-14,23-37,42H2,(H,85,91)(H,86,92)(H,93,108)(H,94,109)(H,95,105)(H,96,111)(H,97,110)(H,98,106)(H,99,113)(H,100,114)(H,101,107)(H,102,112)(H4,81,82,87)(H4,83,84,88)/t55-,56-,57-,58+,59+,60-,61-,62-,63-,64+,65+,76-/m0/s1. The molecule has 36 nitrogen and oxygen atoms in total. The van der Waals surface area contributed by atoms with E-state index in [1.165, 1.54) is 34.8 Å². The summed E-state index contributed by atoms with van der Waals surface area (Å²) in [6, 6.07) is 15.7. The molecule has 12 amide bonds. The number of rotatable bonds is 21. The number of para-hydroxylation sites is 2. The van der Waals surface area contributed by atoms with Crippen molar-refractivity contribution in [3.63, 3.8) is 0 Å². The summed E-state index contributed by atoms with van der Waals surface area (Å²) in [6.07, 6.45) is 8.66. The summed E-state index contributed by atoms with van der Waals surface area (Å²) in [6.45, 7) is -0.0229. The van der Waals surface area contributed by atoms with Gasteiger partial charge in [-0.25, -0.2) is 9.97 Å². The fraction of sp³-hybridized carbons (Fsp3) is 0.400. The van der Waals surface area contributed by atoms with Crippen molar-refractivity contribution in [1.29, 1.82) is 10.8 Å². The third-order valence-electron chi connectivity index (χ3n) is 21.2. The van der Waals surface area contributed by atoms with Crippen molar-refractivity contribution in [2.45, 2.75) is 168 Å². The quantitative estimate of drug-likeness (QED) is 0.0194. The van der Waals surface area contributed by atoms with Gasteiger partial charge in [0.05, 0.1) is 24.0 Å². The summed E-state index contributed by atoms with van der Waals surface area (Å²) in [5.41, 5.74) is 15.9. The first-order chi connectivity index (χ1) is 57.1. The van der Waals surface area contributed by atoms with E-state index in [0.29, 0.717) is 39.0 Å². The van der Waals surface area contributed by atoms with Crippen LogP contribution in [0, 0.1) is 10.8 Å². The van der Waals surface area contributed by atoms with E-state index < -0.39 is 148 Å². The summed E-state index contributed by atoms with van der Waals surface area (Å²) in [7, 11) is 1.59. The van der Waals surface area contributed by atoms with E-state index in [4.69, 9.17) is 22.3 Å². The molecule has 4 aliphatic heterocycles. The Hall–Kier alpha value is -12.7. The Kier molecular flexibility index (Phi) is 29.2. The molecule has 12 atom stereocenters. The molecule has 118 heavy (non-hydrogen) atoms. The molecular formula is C80H98N24O12S2. The van der Waals surface area contributed by atoms with Crippen molar-refractivity contribution in [3.8, 4) is 0 Å². The van der Waals surface area contributed by atoms with Gasteiger partial charge in [0, 0.05) is 111 Å². The molecule has 4 saturated heterocycles. The van der Waals surface area contributed by atoms with Crippen molar-refractivity contribution in [1.82, 2.24) is 104 Å². The Labute approximate surface area is 686 Å². The normalized spacial score (nSPS) is 24.0. The van der Waals surface area contributed by atoms with Gasteiger partial charge in [-0.05, 0) is 98.6 Å². The first-order valence-electron chi connectivity index (χ1n) is 39.3. The van der Waals surface area contributed by atoms with E-state index in [1.54, 1.807) is 91.3 Å². The van der Waals surface area contributed by atoms with Gasteiger partial charge in [0.1, 0.15) is 66.5 Å². The molecule has 4 fully saturated rings. The lowest BCUT2D eigenvalue weighted by molar-refractivity contribution is -0.142. The number of aromatic amines is 4. The Bertz CT molecular complexity index is 4860. The molecule has 22 N–H and O–H groups in total. The molecule has 4 aliphatic rings. The molecule has 4 aromatic carbocycles. The van der Waals surface area contributed by atoms with Gasteiger partial charge in [-0.3, -0.25) is 68.4 Å². The number of carbonyl (C=O) groups excluding carboxylic acids is 12. The number of carbonyl (C=O) groups is 12. The Morgan fingerprint density at radius 2 is 0.814 bits per heavy atom. The van der Waals surface area contributed by atoms with Crippen LogP contribution in [0.1, 0.15) is 91.4 Å². The van der Waals surface area contributed by atoms with Gasteiger partial charge in [0.25, 0.3) is 5.91 Å². The maximum Gasteiger partial charge on any atom is 0.257 e. The van der Waals surface area contributed by atoms with Crippen molar-refractivity contribution < 1.29 is 57.5 Å². The summed E-state index contributed by atoms with van der Waals surface area (Å²) in [4.78, 5) is 210. The van der Waals surface area contributed by atoms with Gasteiger partial charge in [0.15, 0.2) is 17.3 Å². The number of aromatic nitrogens is 6. The van der Waals surface area contributed by atoms with Crippen molar-refractivity contribution in [2.75, 3.05) is 31.9 Å². The zero-order chi connectivity index (χ0) is 83.2. The highest BCUT2D eigenvalue weighted by Crippen LogP contribution is 2.33. The fourth-order valence-electron chi connectivity index (χ4n) is 15.1. The van der Waals surface area contributed by atoms with Crippen LogP contribution in [0.3, 0.4) is 0 Å². The van der Waals surface area contributed by atoms with Gasteiger partial charge >= 0.3 is 0 Å². The van der Waals surface area contributed by atoms with Crippen LogP contribution in [0.4, 0.5) is 0 Å². The van der Waals surface area contributed by atoms with E-state index in [0.717, 1.165) is 38.1 Å². The van der Waals surface area contributed by atoms with Gasteiger partial charge in [0.2, 0.25) is 65.0 Å². The van der Waals surface area contributed by atoms with Crippen LogP contribution in [0.5, 0.6) is 0 Å². The number of hydrogen-bond acceptors (Lipinski definition) is 18. The second-order valence-electron chi connectivity index (χ2n) is 29.5. The summed E-state index contributed by atoms with van der Waals surface area (Å²) in [5.74, 6) is -11.5. The van der Waals surface area contributed by atoms with Crippen LogP contribution in [-0.4, -0.2) is 226 Å². The molecule has 0 saturated carbocycles. The molecule has 2 bridgehead atoms. The van der Waals surface area contributed by atoms with Crippen LogP contribution in [0.25, 0.3) is 21.8 Å². The Morgan fingerprint density at radius 1 is 0.424 bits per heavy atom. The van der Waals surface area contributed by atoms with Gasteiger partial charge < -0.3 is 105 Å². The molecule has 8 heterocycles.